The summed E-state index contributed by atoms with van der Waals surface area (Å²) in [7, 11) is 2.19. The van der Waals surface area contributed by atoms with Crippen LogP contribution in [-0.2, 0) is 6.54 Å². The van der Waals surface area contributed by atoms with E-state index in [1.54, 1.807) is 17.5 Å². The molecule has 0 aliphatic carbocycles. The molecule has 1 atom stereocenters. The van der Waals surface area contributed by atoms with Gasteiger partial charge in [0.1, 0.15) is 9.34 Å². The number of rotatable bonds is 3. The van der Waals surface area contributed by atoms with Gasteiger partial charge in [-0.05, 0) is 39.4 Å². The van der Waals surface area contributed by atoms with Gasteiger partial charge in [-0.3, -0.25) is 4.90 Å². The van der Waals surface area contributed by atoms with E-state index in [-0.39, 0.29) is 0 Å². The fraction of sp³-hybridized carbons (Fsp3) is 0.727. The zero-order valence-electron chi connectivity index (χ0n) is 9.58. The number of aromatic nitrogens is 1. The maximum atomic E-state index is 5.88. The van der Waals surface area contributed by atoms with Gasteiger partial charge in [-0.15, -0.1) is 11.3 Å². The first-order valence-corrected chi connectivity index (χ1v) is 6.96. The van der Waals surface area contributed by atoms with Gasteiger partial charge in [-0.25, -0.2) is 4.98 Å². The molecule has 1 aliphatic heterocycles. The molecule has 0 spiro atoms. The van der Waals surface area contributed by atoms with Crippen LogP contribution in [0.2, 0.25) is 4.34 Å². The van der Waals surface area contributed by atoms with Gasteiger partial charge in [0, 0.05) is 6.04 Å². The summed E-state index contributed by atoms with van der Waals surface area (Å²) >= 11 is 7.47. The second kappa shape index (κ2) is 5.96. The Hall–Kier alpha value is -0.160. The van der Waals surface area contributed by atoms with Crippen LogP contribution in [0.1, 0.15) is 24.3 Å². The summed E-state index contributed by atoms with van der Waals surface area (Å²) < 4.78 is 0.783. The Morgan fingerprint density at radius 3 is 3.19 bits per heavy atom. The third-order valence-electron chi connectivity index (χ3n) is 3.08. The predicted molar refractivity (Wildman–Crippen MR) is 69.1 cm³/mol. The number of halogens is 1. The lowest BCUT2D eigenvalue weighted by Gasteiger charge is -2.25. The summed E-state index contributed by atoms with van der Waals surface area (Å²) in [4.78, 5) is 6.71. The van der Waals surface area contributed by atoms with Crippen LogP contribution >= 0.6 is 22.9 Å². The second-order valence-electron chi connectivity index (χ2n) is 4.31. The average molecular weight is 260 g/mol. The van der Waals surface area contributed by atoms with E-state index in [2.05, 4.69) is 22.2 Å². The zero-order chi connectivity index (χ0) is 11.4. The summed E-state index contributed by atoms with van der Waals surface area (Å²) in [5.41, 5.74) is 0. The number of hydrogen-bond acceptors (Lipinski definition) is 4. The number of thiazole rings is 1. The Labute approximate surface area is 106 Å². The van der Waals surface area contributed by atoms with E-state index < -0.39 is 0 Å². The van der Waals surface area contributed by atoms with Crippen molar-refractivity contribution in [2.75, 3.05) is 20.1 Å². The van der Waals surface area contributed by atoms with E-state index in [1.165, 1.54) is 19.3 Å². The molecule has 1 N–H and O–H groups in total. The monoisotopic (exact) mass is 259 g/mol. The highest BCUT2D eigenvalue weighted by molar-refractivity contribution is 7.15. The SMILES string of the molecule is CN(Cc1ncc(Cl)s1)C1CCCNCC1. The standard InChI is InChI=1S/C11H18ClN3S/c1-15(8-11-14-7-10(12)16-11)9-3-2-5-13-6-4-9/h7,9,13H,2-6,8H2,1H3. The third-order valence-corrected chi connectivity index (χ3v) is 4.18. The Morgan fingerprint density at radius 1 is 1.56 bits per heavy atom. The minimum absolute atomic E-state index is 0.678. The van der Waals surface area contributed by atoms with Crippen LogP contribution < -0.4 is 5.32 Å². The minimum Gasteiger partial charge on any atom is -0.317 e. The van der Waals surface area contributed by atoms with Crippen LogP contribution in [0.4, 0.5) is 0 Å². The summed E-state index contributed by atoms with van der Waals surface area (Å²) in [5.74, 6) is 0. The Morgan fingerprint density at radius 2 is 2.44 bits per heavy atom. The maximum Gasteiger partial charge on any atom is 0.113 e. The van der Waals surface area contributed by atoms with E-state index in [0.717, 1.165) is 29.0 Å². The topological polar surface area (TPSA) is 28.2 Å². The average Bonchev–Trinajstić information content (AvgIpc) is 2.56. The Bertz CT molecular complexity index is 321. The van der Waals surface area contributed by atoms with Crippen LogP contribution in [0.5, 0.6) is 0 Å². The number of nitrogens with zero attached hydrogens (tertiary/aromatic N) is 2. The molecule has 1 aromatic rings. The quantitative estimate of drug-likeness (QED) is 0.903. The van der Waals surface area contributed by atoms with Crippen molar-refractivity contribution < 1.29 is 0 Å². The molecular formula is C11H18ClN3S. The van der Waals surface area contributed by atoms with Crippen LogP contribution in [-0.4, -0.2) is 36.1 Å². The van der Waals surface area contributed by atoms with Crippen molar-refractivity contribution in [3.63, 3.8) is 0 Å². The first-order chi connectivity index (χ1) is 7.75. The van der Waals surface area contributed by atoms with Crippen molar-refractivity contribution in [3.8, 4) is 0 Å². The fourth-order valence-electron chi connectivity index (χ4n) is 2.15. The molecule has 0 bridgehead atoms. The van der Waals surface area contributed by atoms with Gasteiger partial charge in [-0.2, -0.15) is 0 Å². The van der Waals surface area contributed by atoms with Crippen molar-refractivity contribution in [2.45, 2.75) is 31.8 Å². The van der Waals surface area contributed by atoms with Gasteiger partial charge >= 0.3 is 0 Å². The molecule has 1 unspecified atom stereocenters. The Kier molecular flexibility index (Phi) is 4.58. The first kappa shape index (κ1) is 12.3. The molecule has 2 heterocycles. The minimum atomic E-state index is 0.678. The smallest absolute Gasteiger partial charge is 0.113 e. The van der Waals surface area contributed by atoms with Crippen molar-refractivity contribution >= 4 is 22.9 Å². The molecule has 0 amide bonds. The predicted octanol–water partition coefficient (Wildman–Crippen LogP) is 2.37. The normalized spacial score (nSPS) is 22.3. The van der Waals surface area contributed by atoms with Crippen molar-refractivity contribution in [2.24, 2.45) is 0 Å². The highest BCUT2D eigenvalue weighted by atomic mass is 35.5. The molecule has 0 aromatic carbocycles. The summed E-state index contributed by atoms with van der Waals surface area (Å²) in [6.07, 6.45) is 5.52. The lowest BCUT2D eigenvalue weighted by atomic mass is 10.1. The van der Waals surface area contributed by atoms with Gasteiger partial charge in [0.2, 0.25) is 0 Å². The van der Waals surface area contributed by atoms with E-state index >= 15 is 0 Å². The molecular weight excluding hydrogens is 242 g/mol. The van der Waals surface area contributed by atoms with Crippen LogP contribution in [0.25, 0.3) is 0 Å². The summed E-state index contributed by atoms with van der Waals surface area (Å²) in [5, 5.41) is 4.55. The summed E-state index contributed by atoms with van der Waals surface area (Å²) in [6.45, 7) is 3.21. The lowest BCUT2D eigenvalue weighted by molar-refractivity contribution is 0.216. The summed E-state index contributed by atoms with van der Waals surface area (Å²) in [6, 6.07) is 0.678. The van der Waals surface area contributed by atoms with E-state index in [1.807, 2.05) is 0 Å². The van der Waals surface area contributed by atoms with E-state index in [4.69, 9.17) is 11.6 Å². The van der Waals surface area contributed by atoms with Crippen molar-refractivity contribution in [1.82, 2.24) is 15.2 Å². The molecule has 0 saturated carbocycles. The highest BCUT2D eigenvalue weighted by Gasteiger charge is 2.17. The molecule has 1 saturated heterocycles. The largest absolute Gasteiger partial charge is 0.317 e. The van der Waals surface area contributed by atoms with Gasteiger partial charge in [-0.1, -0.05) is 11.6 Å². The maximum absolute atomic E-state index is 5.88. The highest BCUT2D eigenvalue weighted by Crippen LogP contribution is 2.21. The molecule has 1 fully saturated rings. The Balaban J connectivity index is 1.88. The molecule has 3 nitrogen and oxygen atoms in total. The van der Waals surface area contributed by atoms with Gasteiger partial charge < -0.3 is 5.32 Å². The molecule has 1 aliphatic rings. The van der Waals surface area contributed by atoms with Gasteiger partial charge in [0.15, 0.2) is 0 Å². The van der Waals surface area contributed by atoms with Crippen LogP contribution in [0, 0.1) is 0 Å². The van der Waals surface area contributed by atoms with Crippen molar-refractivity contribution in [1.29, 1.82) is 0 Å². The van der Waals surface area contributed by atoms with Gasteiger partial charge in [0.25, 0.3) is 0 Å². The molecule has 1 aromatic heterocycles. The fourth-order valence-corrected chi connectivity index (χ4v) is 3.17. The third kappa shape index (κ3) is 3.42. The zero-order valence-corrected chi connectivity index (χ0v) is 11.2. The molecule has 0 radical (unpaired) electrons. The lowest BCUT2D eigenvalue weighted by Crippen LogP contribution is -2.31. The number of nitrogens with one attached hydrogen (secondary N) is 1. The van der Waals surface area contributed by atoms with E-state index in [0.29, 0.717) is 6.04 Å². The second-order valence-corrected chi connectivity index (χ2v) is 6.05. The van der Waals surface area contributed by atoms with Crippen molar-refractivity contribution in [3.05, 3.63) is 15.5 Å². The van der Waals surface area contributed by atoms with Crippen LogP contribution in [0.3, 0.4) is 0 Å². The van der Waals surface area contributed by atoms with Gasteiger partial charge in [0.05, 0.1) is 12.7 Å². The van der Waals surface area contributed by atoms with E-state index in [9.17, 15) is 0 Å². The molecule has 16 heavy (non-hydrogen) atoms. The molecule has 2 rings (SSSR count). The number of hydrogen-bond donors (Lipinski definition) is 1. The molecule has 90 valence electrons. The van der Waals surface area contributed by atoms with Crippen LogP contribution in [0.15, 0.2) is 6.20 Å². The molecule has 5 heteroatoms. The first-order valence-electron chi connectivity index (χ1n) is 5.77.